The van der Waals surface area contributed by atoms with Gasteiger partial charge in [-0.3, -0.25) is 4.79 Å². The van der Waals surface area contributed by atoms with Crippen LogP contribution < -0.4 is 15.2 Å². The average molecular weight is 476 g/mol. The van der Waals surface area contributed by atoms with Gasteiger partial charge in [-0.05, 0) is 60.4 Å². The zero-order valence-corrected chi connectivity index (χ0v) is 18.5. The van der Waals surface area contributed by atoms with Gasteiger partial charge in [0.25, 0.3) is 0 Å². The van der Waals surface area contributed by atoms with E-state index in [1.54, 1.807) is 0 Å². The molecule has 1 atom stereocenters. The lowest BCUT2D eigenvalue weighted by molar-refractivity contribution is -0.122. The van der Waals surface area contributed by atoms with E-state index >= 15 is 0 Å². The monoisotopic (exact) mass is 475 g/mol. The topological polar surface area (TPSA) is 135 Å². The molecule has 0 fully saturated rings. The van der Waals surface area contributed by atoms with Gasteiger partial charge in [0.05, 0.1) is 9.79 Å². The molecule has 0 bridgehead atoms. The zero-order valence-electron chi connectivity index (χ0n) is 16.0. The molecule has 4 N–H and O–H groups in total. The maximum atomic E-state index is 13.1. The lowest BCUT2D eigenvalue weighted by Crippen LogP contribution is -2.46. The first-order chi connectivity index (χ1) is 14.0. The Kier molecular flexibility index (Phi) is 8.38. The van der Waals surface area contributed by atoms with Crippen molar-refractivity contribution in [3.63, 3.8) is 0 Å². The van der Waals surface area contributed by atoms with Gasteiger partial charge in [-0.15, -0.1) is 0 Å². The van der Waals surface area contributed by atoms with Gasteiger partial charge in [0.1, 0.15) is 11.9 Å². The summed E-state index contributed by atoms with van der Waals surface area (Å²) in [7, 11) is -7.84. The standard InChI is InChI=1S/C18H22FN3O5S3/c1-28-11-10-17(22-30(26,27)16-8-4-14(19)5-9-16)18(23)21-12-13-2-6-15(7-3-13)29(20,24)25/h2-9,17,22H,10-12H2,1H3,(H,21,23)(H2,20,24,25)/t17-/m1/s1. The van der Waals surface area contributed by atoms with Gasteiger partial charge in [0.2, 0.25) is 26.0 Å². The van der Waals surface area contributed by atoms with Gasteiger partial charge >= 0.3 is 0 Å². The molecule has 0 aromatic heterocycles. The summed E-state index contributed by atoms with van der Waals surface area (Å²) < 4.78 is 63.1. The Bertz CT molecular complexity index is 1070. The predicted molar refractivity (Wildman–Crippen MR) is 113 cm³/mol. The minimum atomic E-state index is -4.02. The molecular formula is C18H22FN3O5S3. The predicted octanol–water partition coefficient (Wildman–Crippen LogP) is 1.19. The summed E-state index contributed by atoms with van der Waals surface area (Å²) in [6.07, 6.45) is 2.08. The minimum absolute atomic E-state index is 0.0533. The van der Waals surface area contributed by atoms with E-state index in [0.29, 0.717) is 11.3 Å². The number of amides is 1. The number of thioether (sulfide) groups is 1. The van der Waals surface area contributed by atoms with Crippen LogP contribution in [0.3, 0.4) is 0 Å². The van der Waals surface area contributed by atoms with Crippen LogP contribution in [0.25, 0.3) is 0 Å². The lowest BCUT2D eigenvalue weighted by atomic mass is 10.2. The Balaban J connectivity index is 2.08. The number of carbonyl (C=O) groups is 1. The number of sulfonamides is 2. The molecule has 0 radical (unpaired) electrons. The van der Waals surface area contributed by atoms with Gasteiger partial charge in [-0.2, -0.15) is 16.5 Å². The van der Waals surface area contributed by atoms with Gasteiger partial charge in [-0.1, -0.05) is 12.1 Å². The number of hydrogen-bond donors (Lipinski definition) is 3. The molecule has 2 rings (SSSR count). The van der Waals surface area contributed by atoms with Gasteiger partial charge < -0.3 is 5.32 Å². The van der Waals surface area contributed by atoms with Gasteiger partial charge in [0.15, 0.2) is 0 Å². The van der Waals surface area contributed by atoms with Crippen molar-refractivity contribution in [1.82, 2.24) is 10.0 Å². The van der Waals surface area contributed by atoms with Crippen molar-refractivity contribution in [3.8, 4) is 0 Å². The highest BCUT2D eigenvalue weighted by atomic mass is 32.2. The summed E-state index contributed by atoms with van der Waals surface area (Å²) in [6, 6.07) is 8.89. The Morgan fingerprint density at radius 1 is 1.03 bits per heavy atom. The van der Waals surface area contributed by atoms with Crippen molar-refractivity contribution in [2.24, 2.45) is 5.14 Å². The molecule has 8 nitrogen and oxygen atoms in total. The number of benzene rings is 2. The normalized spacial score (nSPS) is 13.0. The van der Waals surface area contributed by atoms with Crippen molar-refractivity contribution < 1.29 is 26.0 Å². The average Bonchev–Trinajstić information content (AvgIpc) is 2.69. The number of nitrogens with two attached hydrogens (primary N) is 1. The molecule has 0 saturated carbocycles. The van der Waals surface area contributed by atoms with E-state index in [1.807, 2.05) is 6.26 Å². The molecule has 0 heterocycles. The molecule has 0 aliphatic rings. The fourth-order valence-electron chi connectivity index (χ4n) is 2.46. The third-order valence-corrected chi connectivity index (χ3v) is 7.13. The SMILES string of the molecule is CSCC[C@@H](NS(=O)(=O)c1ccc(F)cc1)C(=O)NCc1ccc(S(N)(=O)=O)cc1. The Morgan fingerprint density at radius 2 is 1.60 bits per heavy atom. The van der Waals surface area contributed by atoms with E-state index in [1.165, 1.54) is 36.0 Å². The maximum Gasteiger partial charge on any atom is 0.241 e. The van der Waals surface area contributed by atoms with Crippen LogP contribution >= 0.6 is 11.8 Å². The summed E-state index contributed by atoms with van der Waals surface area (Å²) in [4.78, 5) is 12.4. The highest BCUT2D eigenvalue weighted by molar-refractivity contribution is 7.98. The fraction of sp³-hybridized carbons (Fsp3) is 0.278. The third-order valence-electron chi connectivity index (χ3n) is 4.07. The largest absolute Gasteiger partial charge is 0.351 e. The highest BCUT2D eigenvalue weighted by Crippen LogP contribution is 2.13. The Hall–Kier alpha value is -1.99. The number of halogens is 1. The second kappa shape index (κ2) is 10.4. The van der Waals surface area contributed by atoms with E-state index < -0.39 is 37.8 Å². The van der Waals surface area contributed by atoms with Gasteiger partial charge in [0, 0.05) is 6.54 Å². The molecule has 30 heavy (non-hydrogen) atoms. The van der Waals surface area contributed by atoms with E-state index in [9.17, 15) is 26.0 Å². The van der Waals surface area contributed by atoms with E-state index in [2.05, 4.69) is 10.0 Å². The number of hydrogen-bond acceptors (Lipinski definition) is 6. The first-order valence-electron chi connectivity index (χ1n) is 8.69. The third kappa shape index (κ3) is 7.06. The molecular weight excluding hydrogens is 453 g/mol. The maximum absolute atomic E-state index is 13.1. The summed E-state index contributed by atoms with van der Waals surface area (Å²) >= 11 is 1.46. The van der Waals surface area contributed by atoms with Crippen molar-refractivity contribution in [1.29, 1.82) is 0 Å². The van der Waals surface area contributed by atoms with Crippen LogP contribution in [-0.2, 0) is 31.4 Å². The number of nitrogens with one attached hydrogen (secondary N) is 2. The summed E-state index contributed by atoms with van der Waals surface area (Å²) in [5, 5.41) is 7.68. The van der Waals surface area contributed by atoms with Crippen LogP contribution in [0, 0.1) is 5.82 Å². The first kappa shape index (κ1) is 24.3. The summed E-state index contributed by atoms with van der Waals surface area (Å²) in [6.45, 7) is 0.0672. The smallest absolute Gasteiger partial charge is 0.241 e. The molecule has 12 heteroatoms. The quantitative estimate of drug-likeness (QED) is 0.472. The van der Waals surface area contributed by atoms with Crippen LogP contribution in [0.4, 0.5) is 4.39 Å². The van der Waals surface area contributed by atoms with Crippen molar-refractivity contribution in [2.75, 3.05) is 12.0 Å². The fourth-order valence-corrected chi connectivity index (χ4v) is 4.67. The van der Waals surface area contributed by atoms with E-state index in [0.717, 1.165) is 24.3 Å². The summed E-state index contributed by atoms with van der Waals surface area (Å²) in [5.41, 5.74) is 0.612. The second-order valence-electron chi connectivity index (χ2n) is 6.32. The number of carbonyl (C=O) groups excluding carboxylic acids is 1. The van der Waals surface area contributed by atoms with E-state index in [4.69, 9.17) is 5.14 Å². The van der Waals surface area contributed by atoms with Crippen molar-refractivity contribution in [2.45, 2.75) is 28.8 Å². The number of primary sulfonamides is 1. The lowest BCUT2D eigenvalue weighted by Gasteiger charge is -2.18. The molecule has 0 unspecified atom stereocenters. The van der Waals surface area contributed by atoms with E-state index in [-0.39, 0.29) is 22.8 Å². The van der Waals surface area contributed by atoms with Crippen molar-refractivity contribution in [3.05, 3.63) is 59.9 Å². The molecule has 0 spiro atoms. The Labute approximate surface area is 179 Å². The van der Waals surface area contributed by atoms with Crippen LogP contribution in [0.1, 0.15) is 12.0 Å². The van der Waals surface area contributed by atoms with Crippen LogP contribution in [0.2, 0.25) is 0 Å². The molecule has 0 aliphatic carbocycles. The second-order valence-corrected chi connectivity index (χ2v) is 10.6. The summed E-state index contributed by atoms with van der Waals surface area (Å²) in [5.74, 6) is -0.572. The molecule has 164 valence electrons. The van der Waals surface area contributed by atoms with Crippen LogP contribution in [0.5, 0.6) is 0 Å². The molecule has 0 aliphatic heterocycles. The van der Waals surface area contributed by atoms with Crippen LogP contribution in [-0.4, -0.2) is 40.8 Å². The number of rotatable bonds is 10. The highest BCUT2D eigenvalue weighted by Gasteiger charge is 2.25. The molecule has 2 aromatic carbocycles. The Morgan fingerprint density at radius 3 is 2.13 bits per heavy atom. The first-order valence-corrected chi connectivity index (χ1v) is 13.1. The molecule has 1 amide bonds. The molecule has 2 aromatic rings. The minimum Gasteiger partial charge on any atom is -0.351 e. The van der Waals surface area contributed by atoms with Crippen LogP contribution in [0.15, 0.2) is 58.3 Å². The molecule has 0 saturated heterocycles. The van der Waals surface area contributed by atoms with Crippen molar-refractivity contribution >= 4 is 37.7 Å². The zero-order chi connectivity index (χ0) is 22.4. The van der Waals surface area contributed by atoms with Gasteiger partial charge in [-0.25, -0.2) is 26.4 Å².